The molecule has 0 spiro atoms. The standard InChI is InChI=1S/C16H25NO/c1-6-9-14-10-11-15(17(7-2)8-3)12-16(14)18-13(4)5/h6,9-13H,7-8H2,1-5H3/b9-6-. The second kappa shape index (κ2) is 7.10. The summed E-state index contributed by atoms with van der Waals surface area (Å²) in [6, 6.07) is 6.43. The SMILES string of the molecule is C/C=C\c1ccc(N(CC)CC)cc1OC(C)C. The van der Waals surface area contributed by atoms with Crippen LogP contribution < -0.4 is 9.64 Å². The van der Waals surface area contributed by atoms with Crippen molar-refractivity contribution in [1.29, 1.82) is 0 Å². The van der Waals surface area contributed by atoms with Gasteiger partial charge in [0.15, 0.2) is 0 Å². The van der Waals surface area contributed by atoms with E-state index < -0.39 is 0 Å². The van der Waals surface area contributed by atoms with E-state index in [1.165, 1.54) is 5.69 Å². The minimum absolute atomic E-state index is 0.195. The minimum atomic E-state index is 0.195. The fraction of sp³-hybridized carbons (Fsp3) is 0.500. The maximum Gasteiger partial charge on any atom is 0.128 e. The zero-order valence-corrected chi connectivity index (χ0v) is 12.2. The van der Waals surface area contributed by atoms with Crippen LogP contribution >= 0.6 is 0 Å². The molecule has 100 valence electrons. The average Bonchev–Trinajstić information content (AvgIpc) is 2.33. The van der Waals surface area contributed by atoms with Crippen LogP contribution in [-0.4, -0.2) is 19.2 Å². The Morgan fingerprint density at radius 2 is 1.89 bits per heavy atom. The van der Waals surface area contributed by atoms with Crippen molar-refractivity contribution in [3.63, 3.8) is 0 Å². The molecule has 1 rings (SSSR count). The summed E-state index contributed by atoms with van der Waals surface area (Å²) in [7, 11) is 0. The van der Waals surface area contributed by atoms with Crippen LogP contribution in [0.25, 0.3) is 6.08 Å². The number of allylic oxidation sites excluding steroid dienone is 1. The third-order valence-corrected chi connectivity index (χ3v) is 2.83. The minimum Gasteiger partial charge on any atom is -0.490 e. The molecular weight excluding hydrogens is 222 g/mol. The molecule has 0 atom stereocenters. The molecule has 0 saturated heterocycles. The van der Waals surface area contributed by atoms with Gasteiger partial charge in [0.05, 0.1) is 6.10 Å². The first-order valence-electron chi connectivity index (χ1n) is 6.80. The number of rotatable bonds is 6. The van der Waals surface area contributed by atoms with E-state index in [0.717, 1.165) is 24.4 Å². The van der Waals surface area contributed by atoms with Gasteiger partial charge in [-0.1, -0.05) is 12.2 Å². The lowest BCUT2D eigenvalue weighted by Gasteiger charge is -2.23. The van der Waals surface area contributed by atoms with Crippen molar-refractivity contribution in [1.82, 2.24) is 0 Å². The average molecular weight is 247 g/mol. The van der Waals surface area contributed by atoms with Crippen LogP contribution in [0, 0.1) is 0 Å². The van der Waals surface area contributed by atoms with Crippen LogP contribution in [0.3, 0.4) is 0 Å². The molecule has 0 aromatic heterocycles. The topological polar surface area (TPSA) is 12.5 Å². The highest BCUT2D eigenvalue weighted by molar-refractivity contribution is 5.63. The monoisotopic (exact) mass is 247 g/mol. The van der Waals surface area contributed by atoms with Crippen LogP contribution in [0.4, 0.5) is 5.69 Å². The van der Waals surface area contributed by atoms with Crippen molar-refractivity contribution < 1.29 is 4.74 Å². The van der Waals surface area contributed by atoms with Gasteiger partial charge < -0.3 is 9.64 Å². The van der Waals surface area contributed by atoms with Gasteiger partial charge in [-0.05, 0) is 46.8 Å². The van der Waals surface area contributed by atoms with Crippen LogP contribution in [-0.2, 0) is 0 Å². The lowest BCUT2D eigenvalue weighted by atomic mass is 10.1. The number of ether oxygens (including phenoxy) is 1. The van der Waals surface area contributed by atoms with Crippen molar-refractivity contribution in [3.05, 3.63) is 29.8 Å². The van der Waals surface area contributed by atoms with Gasteiger partial charge in [0.25, 0.3) is 0 Å². The summed E-state index contributed by atoms with van der Waals surface area (Å²) in [5.41, 5.74) is 2.37. The maximum atomic E-state index is 5.90. The molecule has 0 radical (unpaired) electrons. The van der Waals surface area contributed by atoms with Crippen molar-refractivity contribution >= 4 is 11.8 Å². The summed E-state index contributed by atoms with van der Waals surface area (Å²) in [6.07, 6.45) is 4.32. The Kier molecular flexibility index (Phi) is 5.76. The Morgan fingerprint density at radius 1 is 1.22 bits per heavy atom. The van der Waals surface area contributed by atoms with Crippen LogP contribution in [0.5, 0.6) is 5.75 Å². The molecule has 0 saturated carbocycles. The molecule has 0 amide bonds. The molecule has 0 fully saturated rings. The van der Waals surface area contributed by atoms with Crippen molar-refractivity contribution in [2.45, 2.75) is 40.7 Å². The Morgan fingerprint density at radius 3 is 2.39 bits per heavy atom. The molecule has 0 heterocycles. The Labute approximate surface area is 111 Å². The summed E-state index contributed by atoms with van der Waals surface area (Å²) >= 11 is 0. The van der Waals surface area contributed by atoms with Gasteiger partial charge in [-0.15, -0.1) is 0 Å². The molecular formula is C16H25NO. The normalized spacial score (nSPS) is 11.2. The molecule has 2 nitrogen and oxygen atoms in total. The zero-order chi connectivity index (χ0) is 13.5. The summed E-state index contributed by atoms with van der Waals surface area (Å²) in [4.78, 5) is 2.33. The Bertz CT molecular complexity index is 392. The maximum absolute atomic E-state index is 5.90. The molecule has 0 aliphatic heterocycles. The van der Waals surface area contributed by atoms with E-state index in [1.807, 2.05) is 13.0 Å². The summed E-state index contributed by atoms with van der Waals surface area (Å²) in [5, 5.41) is 0. The fourth-order valence-corrected chi connectivity index (χ4v) is 1.98. The predicted molar refractivity (Wildman–Crippen MR) is 80.5 cm³/mol. The number of nitrogens with zero attached hydrogens (tertiary/aromatic N) is 1. The number of hydrogen-bond acceptors (Lipinski definition) is 2. The number of benzene rings is 1. The summed E-state index contributed by atoms with van der Waals surface area (Å²) < 4.78 is 5.90. The molecule has 0 aliphatic rings. The van der Waals surface area contributed by atoms with E-state index in [9.17, 15) is 0 Å². The number of anilines is 1. The largest absolute Gasteiger partial charge is 0.490 e. The predicted octanol–water partition coefficient (Wildman–Crippen LogP) is 4.35. The number of hydrogen-bond donors (Lipinski definition) is 0. The second-order valence-corrected chi connectivity index (χ2v) is 4.56. The Balaban J connectivity index is 3.11. The van der Waals surface area contributed by atoms with Crippen molar-refractivity contribution in [2.24, 2.45) is 0 Å². The molecule has 1 aromatic carbocycles. The van der Waals surface area contributed by atoms with E-state index in [-0.39, 0.29) is 6.10 Å². The van der Waals surface area contributed by atoms with Gasteiger partial charge in [-0.3, -0.25) is 0 Å². The van der Waals surface area contributed by atoms with Crippen molar-refractivity contribution in [2.75, 3.05) is 18.0 Å². The molecule has 1 aromatic rings. The third kappa shape index (κ3) is 3.80. The quantitative estimate of drug-likeness (QED) is 0.741. The molecule has 18 heavy (non-hydrogen) atoms. The van der Waals surface area contributed by atoms with E-state index in [1.54, 1.807) is 0 Å². The molecule has 0 N–H and O–H groups in total. The second-order valence-electron chi connectivity index (χ2n) is 4.56. The summed E-state index contributed by atoms with van der Waals surface area (Å²) in [5.74, 6) is 0.965. The highest BCUT2D eigenvalue weighted by atomic mass is 16.5. The van der Waals surface area contributed by atoms with Crippen LogP contribution in [0.1, 0.15) is 40.2 Å². The molecule has 2 heteroatoms. The highest BCUT2D eigenvalue weighted by Gasteiger charge is 2.08. The lowest BCUT2D eigenvalue weighted by Crippen LogP contribution is -2.21. The van der Waals surface area contributed by atoms with Gasteiger partial charge in [0, 0.05) is 30.4 Å². The zero-order valence-electron chi connectivity index (χ0n) is 12.2. The summed E-state index contributed by atoms with van der Waals surface area (Å²) in [6.45, 7) is 12.5. The van der Waals surface area contributed by atoms with Gasteiger partial charge in [0.1, 0.15) is 5.75 Å². The van der Waals surface area contributed by atoms with Crippen LogP contribution in [0.2, 0.25) is 0 Å². The molecule has 0 unspecified atom stereocenters. The van der Waals surface area contributed by atoms with Gasteiger partial charge in [-0.2, -0.15) is 0 Å². The first-order valence-corrected chi connectivity index (χ1v) is 6.80. The van der Waals surface area contributed by atoms with E-state index in [0.29, 0.717) is 0 Å². The van der Waals surface area contributed by atoms with Crippen LogP contribution in [0.15, 0.2) is 24.3 Å². The van der Waals surface area contributed by atoms with E-state index in [4.69, 9.17) is 4.74 Å². The van der Waals surface area contributed by atoms with E-state index >= 15 is 0 Å². The van der Waals surface area contributed by atoms with Gasteiger partial charge >= 0.3 is 0 Å². The molecule has 0 aliphatic carbocycles. The lowest BCUT2D eigenvalue weighted by molar-refractivity contribution is 0.242. The smallest absolute Gasteiger partial charge is 0.128 e. The first kappa shape index (κ1) is 14.6. The highest BCUT2D eigenvalue weighted by Crippen LogP contribution is 2.27. The third-order valence-electron chi connectivity index (χ3n) is 2.83. The fourth-order valence-electron chi connectivity index (χ4n) is 1.98. The Hall–Kier alpha value is -1.44. The van der Waals surface area contributed by atoms with Gasteiger partial charge in [-0.25, -0.2) is 0 Å². The molecule has 0 bridgehead atoms. The first-order chi connectivity index (χ1) is 8.62. The van der Waals surface area contributed by atoms with E-state index in [2.05, 4.69) is 56.9 Å². The van der Waals surface area contributed by atoms with Crippen molar-refractivity contribution in [3.8, 4) is 5.75 Å². The van der Waals surface area contributed by atoms with Gasteiger partial charge in [0.2, 0.25) is 0 Å².